The zero-order valence-corrected chi connectivity index (χ0v) is 14.3. The van der Waals surface area contributed by atoms with Crippen LogP contribution in [0.2, 0.25) is 0 Å². The van der Waals surface area contributed by atoms with Crippen LogP contribution in [0.25, 0.3) is 0 Å². The zero-order valence-electron chi connectivity index (χ0n) is 14.3. The van der Waals surface area contributed by atoms with E-state index in [-0.39, 0.29) is 5.91 Å². The third kappa shape index (κ3) is 4.62. The average Bonchev–Trinajstić information content (AvgIpc) is 2.63. The van der Waals surface area contributed by atoms with Crippen molar-refractivity contribution in [3.63, 3.8) is 0 Å². The summed E-state index contributed by atoms with van der Waals surface area (Å²) in [6.07, 6.45) is 1.66. The van der Waals surface area contributed by atoms with E-state index < -0.39 is 0 Å². The minimum absolute atomic E-state index is 0.138. The lowest BCUT2D eigenvalue weighted by Gasteiger charge is -2.32. The summed E-state index contributed by atoms with van der Waals surface area (Å²) in [5.41, 5.74) is 0.431. The summed E-state index contributed by atoms with van der Waals surface area (Å²) in [7, 11) is 2.11. The van der Waals surface area contributed by atoms with Gasteiger partial charge in [0.1, 0.15) is 5.69 Å². The summed E-state index contributed by atoms with van der Waals surface area (Å²) in [6, 6.07) is 1.67. The monoisotopic (exact) mass is 334 g/mol. The van der Waals surface area contributed by atoms with Gasteiger partial charge in [0.25, 0.3) is 5.91 Å². The highest BCUT2D eigenvalue weighted by molar-refractivity contribution is 5.92. The van der Waals surface area contributed by atoms with Crippen LogP contribution in [-0.4, -0.2) is 98.3 Å². The second kappa shape index (κ2) is 8.36. The molecule has 1 N–H and O–H groups in total. The maximum absolute atomic E-state index is 12.3. The number of morpholine rings is 1. The van der Waals surface area contributed by atoms with E-state index >= 15 is 0 Å². The average molecular weight is 334 g/mol. The molecule has 0 saturated carbocycles. The second-order valence-electron chi connectivity index (χ2n) is 6.24. The molecular formula is C16H26N6O2. The lowest BCUT2D eigenvalue weighted by atomic mass is 10.3. The van der Waals surface area contributed by atoms with Gasteiger partial charge in [-0.05, 0) is 13.1 Å². The van der Waals surface area contributed by atoms with Crippen LogP contribution in [0, 0.1) is 0 Å². The molecule has 132 valence electrons. The topological polar surface area (TPSA) is 73.8 Å². The van der Waals surface area contributed by atoms with Gasteiger partial charge in [-0.1, -0.05) is 0 Å². The first-order valence-corrected chi connectivity index (χ1v) is 8.57. The SMILES string of the molecule is CN1CCN(c2nccc(C(=O)NCCN3CCOCC3)n2)CC1. The molecule has 2 aliphatic heterocycles. The van der Waals surface area contributed by atoms with E-state index in [2.05, 4.69) is 37.0 Å². The van der Waals surface area contributed by atoms with Crippen LogP contribution in [-0.2, 0) is 4.74 Å². The first-order chi connectivity index (χ1) is 11.7. The number of carbonyl (C=O) groups is 1. The van der Waals surface area contributed by atoms with Crippen molar-refractivity contribution in [3.05, 3.63) is 18.0 Å². The highest BCUT2D eigenvalue weighted by Gasteiger charge is 2.18. The highest BCUT2D eigenvalue weighted by Crippen LogP contribution is 2.10. The molecule has 0 unspecified atom stereocenters. The molecule has 1 amide bonds. The van der Waals surface area contributed by atoms with Crippen LogP contribution in [0.15, 0.2) is 12.3 Å². The molecule has 0 spiro atoms. The van der Waals surface area contributed by atoms with E-state index in [0.29, 0.717) is 18.2 Å². The van der Waals surface area contributed by atoms with Gasteiger partial charge in [0.15, 0.2) is 0 Å². The summed E-state index contributed by atoms with van der Waals surface area (Å²) in [4.78, 5) is 27.8. The van der Waals surface area contributed by atoms with Gasteiger partial charge in [-0.2, -0.15) is 0 Å². The van der Waals surface area contributed by atoms with Crippen molar-refractivity contribution >= 4 is 11.9 Å². The van der Waals surface area contributed by atoms with E-state index in [1.54, 1.807) is 12.3 Å². The van der Waals surface area contributed by atoms with Gasteiger partial charge in [0, 0.05) is 58.6 Å². The molecule has 2 fully saturated rings. The van der Waals surface area contributed by atoms with Gasteiger partial charge >= 0.3 is 0 Å². The fraction of sp³-hybridized carbons (Fsp3) is 0.688. The van der Waals surface area contributed by atoms with E-state index in [1.165, 1.54) is 0 Å². The largest absolute Gasteiger partial charge is 0.379 e. The summed E-state index contributed by atoms with van der Waals surface area (Å²) >= 11 is 0. The van der Waals surface area contributed by atoms with E-state index in [9.17, 15) is 4.79 Å². The van der Waals surface area contributed by atoms with Crippen molar-refractivity contribution in [1.29, 1.82) is 0 Å². The van der Waals surface area contributed by atoms with Crippen LogP contribution in [0.1, 0.15) is 10.5 Å². The number of likely N-dealkylation sites (N-methyl/N-ethyl adjacent to an activating group) is 1. The summed E-state index contributed by atoms with van der Waals surface area (Å²) < 4.78 is 5.32. The Labute approximate surface area is 142 Å². The first-order valence-electron chi connectivity index (χ1n) is 8.57. The Bertz CT molecular complexity index is 541. The lowest BCUT2D eigenvalue weighted by molar-refractivity contribution is 0.0383. The van der Waals surface area contributed by atoms with Gasteiger partial charge in [-0.3, -0.25) is 9.69 Å². The number of anilines is 1. The molecule has 24 heavy (non-hydrogen) atoms. The molecule has 0 bridgehead atoms. The quantitative estimate of drug-likeness (QED) is 0.762. The van der Waals surface area contributed by atoms with Crippen molar-refractivity contribution < 1.29 is 9.53 Å². The second-order valence-corrected chi connectivity index (χ2v) is 6.24. The molecule has 8 heteroatoms. The van der Waals surface area contributed by atoms with Crippen LogP contribution in [0.3, 0.4) is 0 Å². The van der Waals surface area contributed by atoms with Crippen molar-refractivity contribution in [1.82, 2.24) is 25.1 Å². The molecule has 3 heterocycles. The van der Waals surface area contributed by atoms with Gasteiger partial charge in [0.2, 0.25) is 5.95 Å². The van der Waals surface area contributed by atoms with Crippen molar-refractivity contribution in [2.75, 3.05) is 77.5 Å². The minimum Gasteiger partial charge on any atom is -0.379 e. The summed E-state index contributed by atoms with van der Waals surface area (Å²) in [5, 5.41) is 2.95. The number of amides is 1. The molecule has 8 nitrogen and oxygen atoms in total. The number of piperazine rings is 1. The zero-order chi connectivity index (χ0) is 16.8. The maximum atomic E-state index is 12.3. The van der Waals surface area contributed by atoms with E-state index in [0.717, 1.165) is 59.0 Å². The number of hydrogen-bond acceptors (Lipinski definition) is 7. The molecule has 0 atom stereocenters. The summed E-state index contributed by atoms with van der Waals surface area (Å²) in [5.74, 6) is 0.505. The Morgan fingerprint density at radius 1 is 1.21 bits per heavy atom. The normalized spacial score (nSPS) is 20.1. The van der Waals surface area contributed by atoms with Crippen molar-refractivity contribution in [2.45, 2.75) is 0 Å². The first kappa shape index (κ1) is 17.1. The standard InChI is InChI=1S/C16H26N6O2/c1-20-6-8-22(9-7-20)16-18-3-2-14(19-16)15(23)17-4-5-21-10-12-24-13-11-21/h2-3H,4-13H2,1H3,(H,17,23). The number of aromatic nitrogens is 2. The van der Waals surface area contributed by atoms with Gasteiger partial charge < -0.3 is 19.9 Å². The minimum atomic E-state index is -0.138. The number of nitrogens with zero attached hydrogens (tertiary/aromatic N) is 5. The van der Waals surface area contributed by atoms with E-state index in [4.69, 9.17) is 4.74 Å². The molecule has 1 aromatic heterocycles. The molecular weight excluding hydrogens is 308 g/mol. The van der Waals surface area contributed by atoms with Gasteiger partial charge in [-0.15, -0.1) is 0 Å². The molecule has 2 saturated heterocycles. The number of carbonyl (C=O) groups excluding carboxylic acids is 1. The molecule has 2 aliphatic rings. The predicted molar refractivity (Wildman–Crippen MR) is 91.3 cm³/mol. The molecule has 3 rings (SSSR count). The third-order valence-electron chi connectivity index (χ3n) is 4.48. The number of hydrogen-bond donors (Lipinski definition) is 1. The number of nitrogens with one attached hydrogen (secondary N) is 1. The van der Waals surface area contributed by atoms with Crippen LogP contribution < -0.4 is 10.2 Å². The van der Waals surface area contributed by atoms with Crippen molar-refractivity contribution in [2.24, 2.45) is 0 Å². The maximum Gasteiger partial charge on any atom is 0.270 e. The lowest BCUT2D eigenvalue weighted by Crippen LogP contribution is -2.45. The van der Waals surface area contributed by atoms with Crippen LogP contribution >= 0.6 is 0 Å². The predicted octanol–water partition coefficient (Wildman–Crippen LogP) is -0.710. The Balaban J connectivity index is 1.50. The molecule has 0 aliphatic carbocycles. The summed E-state index contributed by atoms with van der Waals surface area (Å²) in [6.45, 7) is 8.60. The smallest absolute Gasteiger partial charge is 0.270 e. The Hall–Kier alpha value is -1.77. The fourth-order valence-corrected chi connectivity index (χ4v) is 2.88. The van der Waals surface area contributed by atoms with Crippen LogP contribution in [0.5, 0.6) is 0 Å². The molecule has 0 radical (unpaired) electrons. The van der Waals surface area contributed by atoms with Gasteiger partial charge in [0.05, 0.1) is 13.2 Å². The highest BCUT2D eigenvalue weighted by atomic mass is 16.5. The van der Waals surface area contributed by atoms with Crippen molar-refractivity contribution in [3.8, 4) is 0 Å². The van der Waals surface area contributed by atoms with Crippen LogP contribution in [0.4, 0.5) is 5.95 Å². The molecule has 0 aromatic carbocycles. The Morgan fingerprint density at radius 3 is 2.71 bits per heavy atom. The fourth-order valence-electron chi connectivity index (χ4n) is 2.88. The Morgan fingerprint density at radius 2 is 1.96 bits per heavy atom. The number of rotatable bonds is 5. The molecule has 1 aromatic rings. The van der Waals surface area contributed by atoms with E-state index in [1.807, 2.05) is 0 Å². The van der Waals surface area contributed by atoms with Gasteiger partial charge in [-0.25, -0.2) is 9.97 Å². The Kier molecular flexibility index (Phi) is 5.95. The third-order valence-corrected chi connectivity index (χ3v) is 4.48. The number of ether oxygens (including phenoxy) is 1.